The molecule has 1 aromatic rings. The van der Waals surface area contributed by atoms with Crippen molar-refractivity contribution in [3.05, 3.63) is 29.3 Å². The van der Waals surface area contributed by atoms with E-state index in [1.165, 1.54) is 0 Å². The Morgan fingerprint density at radius 2 is 1.85 bits per heavy atom. The molecule has 0 fully saturated rings. The quantitative estimate of drug-likeness (QED) is 0.810. The summed E-state index contributed by atoms with van der Waals surface area (Å²) < 4.78 is 0. The van der Waals surface area contributed by atoms with Crippen LogP contribution in [0.4, 0.5) is 5.69 Å². The van der Waals surface area contributed by atoms with E-state index in [0.717, 1.165) is 0 Å². The van der Waals surface area contributed by atoms with Crippen LogP contribution >= 0.6 is 11.6 Å². The number of nitrogens with zero attached hydrogens (tertiary/aromatic N) is 1. The van der Waals surface area contributed by atoms with E-state index in [2.05, 4.69) is 5.32 Å². The zero-order chi connectivity index (χ0) is 15.1. The van der Waals surface area contributed by atoms with Gasteiger partial charge in [0.05, 0.1) is 13.1 Å². The molecule has 0 aliphatic carbocycles. The molecule has 6 heteroatoms. The highest BCUT2D eigenvalue weighted by Gasteiger charge is 2.15. The number of hydrogen-bond acceptors (Lipinski definition) is 3. The number of carbonyl (C=O) groups is 2. The fraction of sp³-hybridized carbons (Fsp3) is 0.429. The van der Waals surface area contributed by atoms with E-state index >= 15 is 0 Å². The minimum Gasteiger partial charge on any atom is -0.480 e. The lowest BCUT2D eigenvalue weighted by Gasteiger charge is -2.21. The van der Waals surface area contributed by atoms with Gasteiger partial charge in [-0.3, -0.25) is 14.5 Å². The molecule has 0 saturated heterocycles. The van der Waals surface area contributed by atoms with E-state index in [-0.39, 0.29) is 24.9 Å². The topological polar surface area (TPSA) is 69.6 Å². The number of amides is 1. The van der Waals surface area contributed by atoms with Crippen LogP contribution in [0.2, 0.25) is 5.02 Å². The summed E-state index contributed by atoms with van der Waals surface area (Å²) in [7, 11) is 0. The molecule has 110 valence electrons. The molecule has 0 unspecified atom stereocenters. The second kappa shape index (κ2) is 7.87. The summed E-state index contributed by atoms with van der Waals surface area (Å²) in [4.78, 5) is 24.3. The zero-order valence-electron chi connectivity index (χ0n) is 11.6. The highest BCUT2D eigenvalue weighted by molar-refractivity contribution is 6.30. The molecule has 1 aromatic carbocycles. The number of carbonyl (C=O) groups excluding carboxylic acids is 1. The number of rotatable bonds is 7. The lowest BCUT2D eigenvalue weighted by Crippen LogP contribution is -2.39. The summed E-state index contributed by atoms with van der Waals surface area (Å²) in [6.45, 7) is 4.41. The molecule has 20 heavy (non-hydrogen) atoms. The van der Waals surface area contributed by atoms with Gasteiger partial charge in [0.1, 0.15) is 0 Å². The van der Waals surface area contributed by atoms with Crippen molar-refractivity contribution in [2.24, 2.45) is 5.92 Å². The van der Waals surface area contributed by atoms with Crippen LogP contribution < -0.4 is 5.32 Å². The molecule has 0 saturated carbocycles. The summed E-state index contributed by atoms with van der Waals surface area (Å²) >= 11 is 5.76. The van der Waals surface area contributed by atoms with Crippen LogP contribution in [-0.2, 0) is 9.59 Å². The highest BCUT2D eigenvalue weighted by Crippen LogP contribution is 2.13. The molecular formula is C14H19ClN2O3. The van der Waals surface area contributed by atoms with Gasteiger partial charge in [0, 0.05) is 17.3 Å². The van der Waals surface area contributed by atoms with E-state index < -0.39 is 5.97 Å². The van der Waals surface area contributed by atoms with Crippen molar-refractivity contribution in [1.82, 2.24) is 4.90 Å². The first kappa shape index (κ1) is 16.5. The number of halogens is 1. The molecule has 0 aromatic heterocycles. The Hall–Kier alpha value is -1.59. The Morgan fingerprint density at radius 3 is 2.35 bits per heavy atom. The average Bonchev–Trinajstić information content (AvgIpc) is 2.30. The summed E-state index contributed by atoms with van der Waals surface area (Å²) in [5.41, 5.74) is 0.638. The third kappa shape index (κ3) is 6.54. The predicted molar refractivity (Wildman–Crippen MR) is 79.0 cm³/mol. The van der Waals surface area contributed by atoms with Crippen LogP contribution in [0.1, 0.15) is 13.8 Å². The summed E-state index contributed by atoms with van der Waals surface area (Å²) in [6.07, 6.45) is 0. The molecule has 0 aliphatic rings. The van der Waals surface area contributed by atoms with Gasteiger partial charge in [-0.05, 0) is 30.2 Å². The van der Waals surface area contributed by atoms with Crippen molar-refractivity contribution in [3.8, 4) is 0 Å². The Morgan fingerprint density at radius 1 is 1.25 bits per heavy atom. The molecule has 1 amide bonds. The lowest BCUT2D eigenvalue weighted by atomic mass is 10.2. The van der Waals surface area contributed by atoms with Crippen LogP contribution in [0.5, 0.6) is 0 Å². The lowest BCUT2D eigenvalue weighted by molar-refractivity contribution is -0.138. The molecule has 0 radical (unpaired) electrons. The Bertz CT molecular complexity index is 460. The van der Waals surface area contributed by atoms with Crippen molar-refractivity contribution in [2.45, 2.75) is 13.8 Å². The van der Waals surface area contributed by atoms with Gasteiger partial charge in [-0.2, -0.15) is 0 Å². The number of anilines is 1. The van der Waals surface area contributed by atoms with Crippen LogP contribution in [0.15, 0.2) is 24.3 Å². The normalized spacial score (nSPS) is 10.8. The number of carboxylic acid groups (broad SMARTS) is 1. The van der Waals surface area contributed by atoms with E-state index in [1.807, 2.05) is 13.8 Å². The molecule has 0 heterocycles. The van der Waals surface area contributed by atoms with Crippen LogP contribution in [0, 0.1) is 5.92 Å². The first-order chi connectivity index (χ1) is 9.36. The summed E-state index contributed by atoms with van der Waals surface area (Å²) in [5.74, 6) is -0.892. The van der Waals surface area contributed by atoms with Gasteiger partial charge in [-0.15, -0.1) is 0 Å². The average molecular weight is 299 g/mol. The number of aliphatic carboxylic acids is 1. The van der Waals surface area contributed by atoms with Crippen molar-refractivity contribution in [1.29, 1.82) is 0 Å². The van der Waals surface area contributed by atoms with Crippen molar-refractivity contribution < 1.29 is 14.7 Å². The third-order valence-electron chi connectivity index (χ3n) is 2.48. The molecule has 0 aliphatic heterocycles. The van der Waals surface area contributed by atoms with Gasteiger partial charge < -0.3 is 10.4 Å². The standard InChI is InChI=1S/C14H19ClN2O3/c1-10(2)7-17(9-14(19)20)8-13(18)16-12-5-3-11(15)4-6-12/h3-6,10H,7-9H2,1-2H3,(H,16,18)(H,19,20). The van der Waals surface area contributed by atoms with Crippen molar-refractivity contribution in [3.63, 3.8) is 0 Å². The largest absolute Gasteiger partial charge is 0.480 e. The predicted octanol–water partition coefficient (Wildman–Crippen LogP) is 2.32. The molecular weight excluding hydrogens is 280 g/mol. The van der Waals surface area contributed by atoms with E-state index in [9.17, 15) is 9.59 Å². The van der Waals surface area contributed by atoms with E-state index in [1.54, 1.807) is 29.2 Å². The minimum absolute atomic E-state index is 0.0487. The monoisotopic (exact) mass is 298 g/mol. The van der Waals surface area contributed by atoms with E-state index in [4.69, 9.17) is 16.7 Å². The first-order valence-electron chi connectivity index (χ1n) is 6.36. The second-order valence-electron chi connectivity index (χ2n) is 5.01. The molecule has 0 atom stereocenters. The number of carboxylic acids is 1. The number of nitrogens with one attached hydrogen (secondary N) is 1. The van der Waals surface area contributed by atoms with Gasteiger partial charge in [0.2, 0.25) is 5.91 Å². The Balaban J connectivity index is 2.56. The zero-order valence-corrected chi connectivity index (χ0v) is 12.4. The minimum atomic E-state index is -0.940. The summed E-state index contributed by atoms with van der Waals surface area (Å²) in [6, 6.07) is 6.76. The third-order valence-corrected chi connectivity index (χ3v) is 2.73. The Labute approximate surface area is 123 Å². The highest BCUT2D eigenvalue weighted by atomic mass is 35.5. The van der Waals surface area contributed by atoms with Gasteiger partial charge in [-0.25, -0.2) is 0 Å². The molecule has 1 rings (SSSR count). The fourth-order valence-corrected chi connectivity index (χ4v) is 1.96. The molecule has 0 spiro atoms. The second-order valence-corrected chi connectivity index (χ2v) is 5.45. The smallest absolute Gasteiger partial charge is 0.317 e. The van der Waals surface area contributed by atoms with Crippen LogP contribution in [-0.4, -0.2) is 41.5 Å². The van der Waals surface area contributed by atoms with Crippen molar-refractivity contribution in [2.75, 3.05) is 25.0 Å². The van der Waals surface area contributed by atoms with Crippen LogP contribution in [0.25, 0.3) is 0 Å². The maximum Gasteiger partial charge on any atom is 0.317 e. The molecule has 5 nitrogen and oxygen atoms in total. The van der Waals surface area contributed by atoms with Gasteiger partial charge in [0.15, 0.2) is 0 Å². The van der Waals surface area contributed by atoms with Gasteiger partial charge in [-0.1, -0.05) is 25.4 Å². The number of benzene rings is 1. The first-order valence-corrected chi connectivity index (χ1v) is 6.74. The molecule has 2 N–H and O–H groups in total. The summed E-state index contributed by atoms with van der Waals surface area (Å²) in [5, 5.41) is 12.1. The maximum absolute atomic E-state index is 11.9. The maximum atomic E-state index is 11.9. The van der Waals surface area contributed by atoms with Crippen LogP contribution in [0.3, 0.4) is 0 Å². The van der Waals surface area contributed by atoms with E-state index in [0.29, 0.717) is 17.3 Å². The fourth-order valence-electron chi connectivity index (χ4n) is 1.83. The van der Waals surface area contributed by atoms with Gasteiger partial charge in [0.25, 0.3) is 0 Å². The van der Waals surface area contributed by atoms with Crippen molar-refractivity contribution >= 4 is 29.2 Å². The molecule has 0 bridgehead atoms. The Kier molecular flexibility index (Phi) is 6.48. The number of hydrogen-bond donors (Lipinski definition) is 2. The van der Waals surface area contributed by atoms with Gasteiger partial charge >= 0.3 is 5.97 Å². The SMILES string of the molecule is CC(C)CN(CC(=O)O)CC(=O)Nc1ccc(Cl)cc1.